The highest BCUT2D eigenvalue weighted by atomic mass is 32.1. The molecule has 2 N–H and O–H groups in total. The van der Waals surface area contributed by atoms with E-state index in [-0.39, 0.29) is 12.5 Å². The van der Waals surface area contributed by atoms with Gasteiger partial charge in [-0.15, -0.1) is 11.3 Å². The fourth-order valence-electron chi connectivity index (χ4n) is 3.65. The van der Waals surface area contributed by atoms with Crippen LogP contribution in [0, 0.1) is 20.8 Å². The Bertz CT molecular complexity index is 974. The third-order valence-electron chi connectivity index (χ3n) is 5.34. The minimum Gasteiger partial charge on any atom is -0.346 e. The Morgan fingerprint density at radius 1 is 1.19 bits per heavy atom. The Kier molecular flexibility index (Phi) is 7.00. The third kappa shape index (κ3) is 6.04. The lowest BCUT2D eigenvalue weighted by Gasteiger charge is -2.23. The molecule has 1 fully saturated rings. The van der Waals surface area contributed by atoms with E-state index in [9.17, 15) is 22.8 Å². The molecule has 0 saturated carbocycles. The number of aromatic nitrogens is 1. The Morgan fingerprint density at radius 2 is 1.90 bits per heavy atom. The zero-order chi connectivity index (χ0) is 22.8. The number of amides is 2. The maximum Gasteiger partial charge on any atom is 0.405 e. The van der Waals surface area contributed by atoms with Gasteiger partial charge in [0, 0.05) is 10.9 Å². The molecule has 0 spiro atoms. The zero-order valence-corrected chi connectivity index (χ0v) is 18.4. The van der Waals surface area contributed by atoms with Gasteiger partial charge in [-0.05, 0) is 62.9 Å². The lowest BCUT2D eigenvalue weighted by Crippen LogP contribution is -2.47. The lowest BCUT2D eigenvalue weighted by atomic mass is 9.99. The van der Waals surface area contributed by atoms with Crippen molar-refractivity contribution in [3.63, 3.8) is 0 Å². The largest absolute Gasteiger partial charge is 0.405 e. The number of nitrogens with one attached hydrogen (secondary N) is 2. The first-order valence-electron chi connectivity index (χ1n) is 9.95. The number of hydrogen-bond donors (Lipinski definition) is 2. The summed E-state index contributed by atoms with van der Waals surface area (Å²) in [7, 11) is 0. The van der Waals surface area contributed by atoms with Crippen molar-refractivity contribution in [3.8, 4) is 11.3 Å². The molecule has 0 radical (unpaired) electrons. The average Bonchev–Trinajstić information content (AvgIpc) is 3.31. The molecule has 6 nitrogen and oxygen atoms in total. The van der Waals surface area contributed by atoms with Crippen molar-refractivity contribution in [1.82, 2.24) is 15.2 Å². The Labute approximate surface area is 182 Å². The zero-order valence-electron chi connectivity index (χ0n) is 17.6. The van der Waals surface area contributed by atoms with Gasteiger partial charge in [0.1, 0.15) is 6.54 Å². The number of carbonyl (C=O) groups excluding carboxylic acids is 2. The second-order valence-corrected chi connectivity index (χ2v) is 8.66. The normalized spacial score (nSPS) is 17.0. The molecule has 1 aromatic carbocycles. The minimum atomic E-state index is -4.46. The second kappa shape index (κ2) is 9.35. The van der Waals surface area contributed by atoms with Crippen molar-refractivity contribution in [3.05, 3.63) is 34.2 Å². The van der Waals surface area contributed by atoms with Crippen LogP contribution in [0.15, 0.2) is 17.5 Å². The number of thiazole rings is 1. The van der Waals surface area contributed by atoms with E-state index in [4.69, 9.17) is 0 Å². The van der Waals surface area contributed by atoms with Crippen molar-refractivity contribution < 1.29 is 22.8 Å². The average molecular weight is 455 g/mol. The van der Waals surface area contributed by atoms with Crippen LogP contribution in [0.1, 0.15) is 29.5 Å². The molecule has 168 valence electrons. The Morgan fingerprint density at radius 3 is 2.61 bits per heavy atom. The number of hydrogen-bond acceptors (Lipinski definition) is 5. The number of alkyl halides is 3. The Balaban J connectivity index is 1.60. The van der Waals surface area contributed by atoms with Crippen molar-refractivity contribution in [1.29, 1.82) is 0 Å². The monoisotopic (exact) mass is 454 g/mol. The summed E-state index contributed by atoms with van der Waals surface area (Å²) in [5, 5.41) is 6.95. The van der Waals surface area contributed by atoms with Gasteiger partial charge in [-0.1, -0.05) is 6.07 Å². The van der Waals surface area contributed by atoms with E-state index in [1.807, 2.05) is 31.5 Å². The standard InChI is InChI=1S/C21H25F3N4O2S/c1-12-7-14(3)15(8-13(12)2)16-10-31-20(26-16)27-18(29)9-28-6-4-5-17(28)19(30)25-11-21(22,23)24/h7-8,10,17H,4-6,9,11H2,1-3H3,(H,25,30)(H,26,27,29). The summed E-state index contributed by atoms with van der Waals surface area (Å²) >= 11 is 1.30. The molecule has 1 atom stereocenters. The molecule has 0 aliphatic carbocycles. The molecule has 10 heteroatoms. The van der Waals surface area contributed by atoms with Crippen molar-refractivity contribution >= 4 is 28.3 Å². The number of carbonyl (C=O) groups is 2. The highest BCUT2D eigenvalue weighted by Crippen LogP contribution is 2.29. The van der Waals surface area contributed by atoms with E-state index in [1.54, 1.807) is 4.90 Å². The first-order valence-corrected chi connectivity index (χ1v) is 10.8. The van der Waals surface area contributed by atoms with Crippen LogP contribution in [-0.2, 0) is 9.59 Å². The molecule has 1 aromatic heterocycles. The van der Waals surface area contributed by atoms with E-state index in [1.165, 1.54) is 16.9 Å². The summed E-state index contributed by atoms with van der Waals surface area (Å²) in [6, 6.07) is 3.43. The molecule has 1 saturated heterocycles. The van der Waals surface area contributed by atoms with Crippen LogP contribution in [0.25, 0.3) is 11.3 Å². The summed E-state index contributed by atoms with van der Waals surface area (Å²) in [6.45, 7) is 5.11. The van der Waals surface area contributed by atoms with Crippen molar-refractivity contribution in [2.75, 3.05) is 25.0 Å². The predicted octanol–water partition coefficient (Wildman–Crippen LogP) is 3.82. The van der Waals surface area contributed by atoms with E-state index in [0.717, 1.165) is 22.4 Å². The number of nitrogens with zero attached hydrogens (tertiary/aromatic N) is 2. The van der Waals surface area contributed by atoms with E-state index in [2.05, 4.69) is 22.4 Å². The van der Waals surface area contributed by atoms with Crippen LogP contribution in [0.5, 0.6) is 0 Å². The van der Waals surface area contributed by atoms with Gasteiger partial charge in [0.25, 0.3) is 0 Å². The number of benzene rings is 1. The first kappa shape index (κ1) is 23.2. The maximum atomic E-state index is 12.5. The summed E-state index contributed by atoms with van der Waals surface area (Å²) in [4.78, 5) is 30.7. The molecule has 2 heterocycles. The van der Waals surface area contributed by atoms with E-state index in [0.29, 0.717) is 24.5 Å². The Hall–Kier alpha value is -2.46. The van der Waals surface area contributed by atoms with Gasteiger partial charge >= 0.3 is 6.18 Å². The molecule has 3 rings (SSSR count). The molecular formula is C21H25F3N4O2S. The second-order valence-electron chi connectivity index (χ2n) is 7.80. The number of rotatable bonds is 6. The fraction of sp³-hybridized carbons (Fsp3) is 0.476. The minimum absolute atomic E-state index is 0.0817. The number of anilines is 1. The molecular weight excluding hydrogens is 429 g/mol. The summed E-state index contributed by atoms with van der Waals surface area (Å²) in [5.74, 6) is -1.06. The summed E-state index contributed by atoms with van der Waals surface area (Å²) in [6.07, 6.45) is -3.40. The number of aryl methyl sites for hydroxylation is 3. The number of likely N-dealkylation sites (tertiary alicyclic amines) is 1. The van der Waals surface area contributed by atoms with Crippen LogP contribution >= 0.6 is 11.3 Å². The van der Waals surface area contributed by atoms with Crippen LogP contribution in [0.2, 0.25) is 0 Å². The van der Waals surface area contributed by atoms with Crippen molar-refractivity contribution in [2.24, 2.45) is 0 Å². The smallest absolute Gasteiger partial charge is 0.346 e. The highest BCUT2D eigenvalue weighted by molar-refractivity contribution is 7.14. The van der Waals surface area contributed by atoms with Crippen LogP contribution in [-0.4, -0.2) is 53.6 Å². The lowest BCUT2D eigenvalue weighted by molar-refractivity contribution is -0.141. The number of halogens is 3. The SMILES string of the molecule is Cc1cc(C)c(-c2csc(NC(=O)CN3CCCC3C(=O)NCC(F)(F)F)n2)cc1C. The predicted molar refractivity (Wildman–Crippen MR) is 114 cm³/mol. The van der Waals surface area contributed by atoms with Gasteiger partial charge < -0.3 is 10.6 Å². The van der Waals surface area contributed by atoms with Gasteiger partial charge in [0.05, 0.1) is 18.3 Å². The topological polar surface area (TPSA) is 74.3 Å². The molecule has 1 aliphatic heterocycles. The van der Waals surface area contributed by atoms with Gasteiger partial charge in [0.15, 0.2) is 5.13 Å². The van der Waals surface area contributed by atoms with Crippen LogP contribution < -0.4 is 10.6 Å². The quantitative estimate of drug-likeness (QED) is 0.696. The van der Waals surface area contributed by atoms with Gasteiger partial charge in [-0.3, -0.25) is 14.5 Å². The third-order valence-corrected chi connectivity index (χ3v) is 6.10. The van der Waals surface area contributed by atoms with E-state index >= 15 is 0 Å². The molecule has 1 unspecified atom stereocenters. The van der Waals surface area contributed by atoms with Gasteiger partial charge in [0.2, 0.25) is 11.8 Å². The first-order chi connectivity index (χ1) is 14.5. The fourth-order valence-corrected chi connectivity index (χ4v) is 4.38. The molecule has 1 aliphatic rings. The van der Waals surface area contributed by atoms with Crippen LogP contribution in [0.4, 0.5) is 18.3 Å². The summed E-state index contributed by atoms with van der Waals surface area (Å²) < 4.78 is 37.0. The summed E-state index contributed by atoms with van der Waals surface area (Å²) in [5.41, 5.74) is 5.22. The molecule has 2 aromatic rings. The highest BCUT2D eigenvalue weighted by Gasteiger charge is 2.34. The molecule has 31 heavy (non-hydrogen) atoms. The molecule has 2 amide bonds. The maximum absolute atomic E-state index is 12.5. The van der Waals surface area contributed by atoms with Gasteiger partial charge in [-0.25, -0.2) is 4.98 Å². The van der Waals surface area contributed by atoms with Crippen molar-refractivity contribution in [2.45, 2.75) is 45.8 Å². The van der Waals surface area contributed by atoms with Gasteiger partial charge in [-0.2, -0.15) is 13.2 Å². The van der Waals surface area contributed by atoms with E-state index < -0.39 is 24.7 Å². The molecule has 0 bridgehead atoms. The van der Waals surface area contributed by atoms with Crippen LogP contribution in [0.3, 0.4) is 0 Å².